The van der Waals surface area contributed by atoms with Crippen LogP contribution in [-0.2, 0) is 20.8 Å². The van der Waals surface area contributed by atoms with Crippen LogP contribution in [0.4, 0.5) is 10.1 Å². The molecule has 2 rings (SSSR count). The number of nitrogens with zero attached hydrogens (tertiary/aromatic N) is 2. The predicted octanol–water partition coefficient (Wildman–Crippen LogP) is 1.11. The number of ether oxygens (including phenoxy) is 2. The first-order valence-electron chi connectivity index (χ1n) is 6.36. The maximum absolute atomic E-state index is 14.0. The number of rotatable bonds is 4. The third kappa shape index (κ3) is 3.53. The van der Waals surface area contributed by atoms with Gasteiger partial charge in [0.2, 0.25) is 5.82 Å². The Morgan fingerprint density at radius 1 is 1.62 bits per heavy atom. The summed E-state index contributed by atoms with van der Waals surface area (Å²) in [4.78, 5) is 23.2. The van der Waals surface area contributed by atoms with Gasteiger partial charge in [-0.3, -0.25) is 15.0 Å². The average Bonchev–Trinajstić information content (AvgIpc) is 2.48. The minimum Gasteiger partial charge on any atom is -0.467 e. The second kappa shape index (κ2) is 6.59. The Kier molecular flexibility index (Phi) is 4.81. The number of carbonyl (C=O) groups is 1. The molecule has 1 heterocycles. The van der Waals surface area contributed by atoms with Crippen LogP contribution in [0.25, 0.3) is 0 Å². The Balaban J connectivity index is 2.09. The van der Waals surface area contributed by atoms with Crippen molar-refractivity contribution in [1.29, 1.82) is 0 Å². The molecule has 21 heavy (non-hydrogen) atoms. The van der Waals surface area contributed by atoms with Gasteiger partial charge in [-0.1, -0.05) is 12.1 Å². The predicted molar refractivity (Wildman–Crippen MR) is 70.1 cm³/mol. The highest BCUT2D eigenvalue weighted by molar-refractivity contribution is 5.74. The van der Waals surface area contributed by atoms with E-state index in [0.717, 1.165) is 6.07 Å². The zero-order valence-corrected chi connectivity index (χ0v) is 11.5. The second-order valence-electron chi connectivity index (χ2n) is 4.63. The Hall–Kier alpha value is -2.06. The fourth-order valence-electron chi connectivity index (χ4n) is 2.19. The number of halogens is 1. The van der Waals surface area contributed by atoms with Crippen LogP contribution in [0.5, 0.6) is 0 Å². The third-order valence-electron chi connectivity index (χ3n) is 3.26. The number of benzene rings is 1. The smallest absolute Gasteiger partial charge is 0.336 e. The van der Waals surface area contributed by atoms with Crippen LogP contribution in [0.1, 0.15) is 5.56 Å². The first-order chi connectivity index (χ1) is 10.0. The number of morpholine rings is 1. The Labute approximate surface area is 120 Å². The first kappa shape index (κ1) is 15.3. The summed E-state index contributed by atoms with van der Waals surface area (Å²) in [6.07, 6.45) is -0.717. The number of hydrogen-bond donors (Lipinski definition) is 0. The van der Waals surface area contributed by atoms with Crippen LogP contribution >= 0.6 is 0 Å². The van der Waals surface area contributed by atoms with Gasteiger partial charge in [0.05, 0.1) is 18.6 Å². The standard InChI is InChI=1S/C13H15FN2O5/c1-20-13(17)11-8-15(5-6-21-11)7-9-3-2-4-10(12(9)14)16(18)19/h2-4,11H,5-8H2,1H3. The maximum Gasteiger partial charge on any atom is 0.336 e. The molecule has 0 spiro atoms. The van der Waals surface area contributed by atoms with Gasteiger partial charge in [0.25, 0.3) is 0 Å². The van der Waals surface area contributed by atoms with Crippen molar-refractivity contribution >= 4 is 11.7 Å². The number of hydrogen-bond acceptors (Lipinski definition) is 6. The lowest BCUT2D eigenvalue weighted by Gasteiger charge is -2.31. The molecule has 0 aliphatic carbocycles. The van der Waals surface area contributed by atoms with Gasteiger partial charge in [0.1, 0.15) is 0 Å². The highest BCUT2D eigenvalue weighted by Crippen LogP contribution is 2.22. The molecule has 8 heteroatoms. The molecule has 1 fully saturated rings. The highest BCUT2D eigenvalue weighted by Gasteiger charge is 2.28. The lowest BCUT2D eigenvalue weighted by molar-refractivity contribution is -0.387. The van der Waals surface area contributed by atoms with Gasteiger partial charge >= 0.3 is 11.7 Å². The molecule has 0 saturated carbocycles. The van der Waals surface area contributed by atoms with E-state index in [2.05, 4.69) is 4.74 Å². The zero-order valence-electron chi connectivity index (χ0n) is 11.5. The fraction of sp³-hybridized carbons (Fsp3) is 0.462. The molecule has 7 nitrogen and oxygen atoms in total. The minimum atomic E-state index is -0.844. The number of nitro groups is 1. The number of methoxy groups -OCH3 is 1. The van der Waals surface area contributed by atoms with Gasteiger partial charge in [-0.05, 0) is 0 Å². The minimum absolute atomic E-state index is 0.171. The van der Waals surface area contributed by atoms with Gasteiger partial charge < -0.3 is 9.47 Å². The summed E-state index contributed by atoms with van der Waals surface area (Å²) >= 11 is 0. The van der Waals surface area contributed by atoms with Crippen molar-refractivity contribution in [3.63, 3.8) is 0 Å². The van der Waals surface area contributed by atoms with Gasteiger partial charge in [-0.15, -0.1) is 0 Å². The van der Waals surface area contributed by atoms with E-state index in [9.17, 15) is 19.3 Å². The maximum atomic E-state index is 14.0. The van der Waals surface area contributed by atoms with Crippen molar-refractivity contribution < 1.29 is 23.6 Å². The largest absolute Gasteiger partial charge is 0.467 e. The van der Waals surface area contributed by atoms with Crippen molar-refractivity contribution in [2.75, 3.05) is 26.8 Å². The quantitative estimate of drug-likeness (QED) is 0.470. The van der Waals surface area contributed by atoms with Crippen LogP contribution in [0.3, 0.4) is 0 Å². The molecule has 1 aliphatic rings. The normalized spacial score (nSPS) is 19.2. The molecule has 1 saturated heterocycles. The first-order valence-corrected chi connectivity index (χ1v) is 6.36. The number of carbonyl (C=O) groups excluding carboxylic acids is 1. The van der Waals surface area contributed by atoms with Gasteiger partial charge in [-0.25, -0.2) is 4.79 Å². The molecule has 0 aromatic heterocycles. The molecule has 114 valence electrons. The van der Waals surface area contributed by atoms with Crippen LogP contribution in [0.15, 0.2) is 18.2 Å². The van der Waals surface area contributed by atoms with Crippen LogP contribution < -0.4 is 0 Å². The number of nitro benzene ring substituents is 1. The van der Waals surface area contributed by atoms with Gasteiger partial charge in [-0.2, -0.15) is 4.39 Å². The van der Waals surface area contributed by atoms with Crippen molar-refractivity contribution in [1.82, 2.24) is 4.90 Å². The summed E-state index contributed by atoms with van der Waals surface area (Å²) < 4.78 is 23.9. The zero-order chi connectivity index (χ0) is 15.4. The van der Waals surface area contributed by atoms with E-state index in [4.69, 9.17) is 4.74 Å². The molecule has 0 N–H and O–H groups in total. The fourth-order valence-corrected chi connectivity index (χ4v) is 2.19. The summed E-state index contributed by atoms with van der Waals surface area (Å²) in [6, 6.07) is 4.05. The molecular weight excluding hydrogens is 283 g/mol. The van der Waals surface area contributed by atoms with E-state index in [1.54, 1.807) is 4.90 Å². The van der Waals surface area contributed by atoms with Crippen LogP contribution in [0, 0.1) is 15.9 Å². The second-order valence-corrected chi connectivity index (χ2v) is 4.63. The Morgan fingerprint density at radius 3 is 3.05 bits per heavy atom. The van der Waals surface area contributed by atoms with Crippen molar-refractivity contribution in [2.24, 2.45) is 0 Å². The van der Waals surface area contributed by atoms with Gasteiger partial charge in [0.15, 0.2) is 6.10 Å². The lowest BCUT2D eigenvalue weighted by atomic mass is 10.1. The molecule has 0 bridgehead atoms. The van der Waals surface area contributed by atoms with E-state index < -0.39 is 28.5 Å². The van der Waals surface area contributed by atoms with Gasteiger partial charge in [0, 0.05) is 31.3 Å². The molecule has 1 unspecified atom stereocenters. The summed E-state index contributed by atoms with van der Waals surface area (Å²) in [7, 11) is 1.27. The van der Waals surface area contributed by atoms with E-state index in [1.165, 1.54) is 19.2 Å². The third-order valence-corrected chi connectivity index (χ3v) is 3.26. The average molecular weight is 298 g/mol. The van der Waals surface area contributed by atoms with E-state index in [0.29, 0.717) is 13.2 Å². The van der Waals surface area contributed by atoms with E-state index in [1.807, 2.05) is 0 Å². The van der Waals surface area contributed by atoms with Crippen LogP contribution in [-0.4, -0.2) is 48.7 Å². The van der Waals surface area contributed by atoms with E-state index in [-0.39, 0.29) is 18.7 Å². The number of esters is 1. The van der Waals surface area contributed by atoms with Crippen molar-refractivity contribution in [3.05, 3.63) is 39.7 Å². The molecule has 1 aromatic carbocycles. The summed E-state index contributed by atoms with van der Waals surface area (Å²) in [5.41, 5.74) is -0.333. The molecule has 1 atom stereocenters. The van der Waals surface area contributed by atoms with Crippen molar-refractivity contribution in [2.45, 2.75) is 12.6 Å². The summed E-state index contributed by atoms with van der Waals surface area (Å²) in [6.45, 7) is 1.26. The molecular formula is C13H15FN2O5. The van der Waals surface area contributed by atoms with Crippen molar-refractivity contribution in [3.8, 4) is 0 Å². The monoisotopic (exact) mass is 298 g/mol. The van der Waals surface area contributed by atoms with Crippen LogP contribution in [0.2, 0.25) is 0 Å². The van der Waals surface area contributed by atoms with E-state index >= 15 is 0 Å². The molecule has 0 radical (unpaired) electrons. The molecule has 1 aromatic rings. The Morgan fingerprint density at radius 2 is 2.38 bits per heavy atom. The molecule has 0 amide bonds. The lowest BCUT2D eigenvalue weighted by Crippen LogP contribution is -2.46. The SMILES string of the molecule is COC(=O)C1CN(Cc2cccc([N+](=O)[O-])c2F)CCO1. The molecule has 1 aliphatic heterocycles. The Bertz CT molecular complexity index is 551. The summed E-state index contributed by atoms with van der Waals surface area (Å²) in [5.74, 6) is -1.33. The topological polar surface area (TPSA) is 81.9 Å². The highest BCUT2D eigenvalue weighted by atomic mass is 19.1. The summed E-state index contributed by atoms with van der Waals surface area (Å²) in [5, 5.41) is 10.7.